The minimum atomic E-state index is -0.242. The first-order valence-electron chi connectivity index (χ1n) is 7.30. The van der Waals surface area contributed by atoms with Crippen molar-refractivity contribution in [2.45, 2.75) is 13.8 Å². The highest BCUT2D eigenvalue weighted by molar-refractivity contribution is 7.10. The standard InChI is InChI=1S/C17H16N4O2S/c1-10-7-8-14(11(2)18-10)16(22)20-17-19-15(21-24-17)12-5-4-6-13(9-12)23-3/h4-9H,1-3H3,(H,19,20,21,22). The van der Waals surface area contributed by atoms with Crippen molar-refractivity contribution in [2.75, 3.05) is 12.4 Å². The molecule has 0 aliphatic carbocycles. The second kappa shape index (κ2) is 6.76. The van der Waals surface area contributed by atoms with E-state index in [0.29, 0.717) is 22.2 Å². The smallest absolute Gasteiger partial charge is 0.259 e. The number of anilines is 1. The molecule has 24 heavy (non-hydrogen) atoms. The van der Waals surface area contributed by atoms with Crippen LogP contribution in [0, 0.1) is 13.8 Å². The Morgan fingerprint density at radius 1 is 1.17 bits per heavy atom. The number of hydrogen-bond acceptors (Lipinski definition) is 6. The first kappa shape index (κ1) is 16.1. The zero-order valence-corrected chi connectivity index (χ0v) is 14.3. The van der Waals surface area contributed by atoms with E-state index >= 15 is 0 Å². The Morgan fingerprint density at radius 2 is 2.00 bits per heavy atom. The van der Waals surface area contributed by atoms with Gasteiger partial charge in [-0.2, -0.15) is 9.36 Å². The van der Waals surface area contributed by atoms with Crippen molar-refractivity contribution in [3.05, 3.63) is 53.3 Å². The van der Waals surface area contributed by atoms with E-state index in [1.165, 1.54) is 0 Å². The van der Waals surface area contributed by atoms with Crippen LogP contribution in [0.5, 0.6) is 5.75 Å². The van der Waals surface area contributed by atoms with Crippen LogP contribution in [0.1, 0.15) is 21.7 Å². The van der Waals surface area contributed by atoms with E-state index in [2.05, 4.69) is 19.7 Å². The largest absolute Gasteiger partial charge is 0.497 e. The zero-order valence-electron chi connectivity index (χ0n) is 13.5. The van der Waals surface area contributed by atoms with E-state index in [9.17, 15) is 4.79 Å². The number of rotatable bonds is 4. The van der Waals surface area contributed by atoms with Gasteiger partial charge >= 0.3 is 0 Å². The van der Waals surface area contributed by atoms with E-state index in [1.807, 2.05) is 44.2 Å². The summed E-state index contributed by atoms with van der Waals surface area (Å²) in [5.41, 5.74) is 2.92. The van der Waals surface area contributed by atoms with Crippen molar-refractivity contribution in [3.63, 3.8) is 0 Å². The summed E-state index contributed by atoms with van der Waals surface area (Å²) in [7, 11) is 1.61. The fourth-order valence-corrected chi connectivity index (χ4v) is 2.83. The molecule has 3 rings (SSSR count). The Morgan fingerprint density at radius 3 is 2.75 bits per heavy atom. The monoisotopic (exact) mass is 340 g/mol. The van der Waals surface area contributed by atoms with Gasteiger partial charge in [0.1, 0.15) is 5.75 Å². The van der Waals surface area contributed by atoms with Crippen LogP contribution in [0.25, 0.3) is 11.4 Å². The summed E-state index contributed by atoms with van der Waals surface area (Å²) in [6.45, 7) is 3.70. The Labute approximate surface area is 143 Å². The second-order valence-corrected chi connectivity index (χ2v) is 5.95. The van der Waals surface area contributed by atoms with Gasteiger partial charge in [0.05, 0.1) is 18.4 Å². The molecule has 0 aliphatic rings. The molecule has 0 fully saturated rings. The average molecular weight is 340 g/mol. The summed E-state index contributed by atoms with van der Waals surface area (Å²) in [5, 5.41) is 3.21. The molecule has 0 unspecified atom stereocenters. The molecule has 1 aromatic carbocycles. The SMILES string of the molecule is COc1cccc(-c2nsc(NC(=O)c3ccc(C)nc3C)n2)c1. The van der Waals surface area contributed by atoms with Crippen LogP contribution in [0.15, 0.2) is 36.4 Å². The zero-order chi connectivity index (χ0) is 17.1. The van der Waals surface area contributed by atoms with Crippen molar-refractivity contribution >= 4 is 22.6 Å². The highest BCUT2D eigenvalue weighted by atomic mass is 32.1. The lowest BCUT2D eigenvalue weighted by atomic mass is 10.2. The summed E-state index contributed by atoms with van der Waals surface area (Å²) in [6.07, 6.45) is 0. The summed E-state index contributed by atoms with van der Waals surface area (Å²) in [5.74, 6) is 1.04. The molecule has 122 valence electrons. The fourth-order valence-electron chi connectivity index (χ4n) is 2.24. The minimum Gasteiger partial charge on any atom is -0.497 e. The quantitative estimate of drug-likeness (QED) is 0.787. The lowest BCUT2D eigenvalue weighted by molar-refractivity contribution is 0.102. The van der Waals surface area contributed by atoms with Gasteiger partial charge < -0.3 is 4.74 Å². The number of benzene rings is 1. The van der Waals surface area contributed by atoms with Crippen LogP contribution in [-0.4, -0.2) is 27.4 Å². The molecule has 0 saturated carbocycles. The molecule has 6 nitrogen and oxygen atoms in total. The van der Waals surface area contributed by atoms with Crippen LogP contribution in [0.2, 0.25) is 0 Å². The molecule has 2 heterocycles. The van der Waals surface area contributed by atoms with Gasteiger partial charge in [-0.05, 0) is 38.1 Å². The van der Waals surface area contributed by atoms with E-state index in [0.717, 1.165) is 28.5 Å². The normalized spacial score (nSPS) is 10.5. The Bertz CT molecular complexity index is 892. The third-order valence-electron chi connectivity index (χ3n) is 3.44. The van der Waals surface area contributed by atoms with E-state index in [1.54, 1.807) is 13.2 Å². The molecular formula is C17H16N4O2S. The minimum absolute atomic E-state index is 0.242. The number of hydrogen-bond donors (Lipinski definition) is 1. The van der Waals surface area contributed by atoms with Crippen LogP contribution in [0.3, 0.4) is 0 Å². The molecule has 0 atom stereocenters. The highest BCUT2D eigenvalue weighted by Crippen LogP contribution is 2.24. The Kier molecular flexibility index (Phi) is 4.52. The van der Waals surface area contributed by atoms with Gasteiger partial charge in [-0.1, -0.05) is 12.1 Å². The molecule has 2 aromatic heterocycles. The van der Waals surface area contributed by atoms with Crippen LogP contribution >= 0.6 is 11.5 Å². The summed E-state index contributed by atoms with van der Waals surface area (Å²) in [4.78, 5) is 21.0. The van der Waals surface area contributed by atoms with Crippen molar-refractivity contribution in [1.29, 1.82) is 0 Å². The highest BCUT2D eigenvalue weighted by Gasteiger charge is 2.14. The van der Waals surface area contributed by atoms with Crippen LogP contribution in [0.4, 0.5) is 5.13 Å². The topological polar surface area (TPSA) is 77.0 Å². The molecule has 0 bridgehead atoms. The van der Waals surface area contributed by atoms with E-state index in [-0.39, 0.29) is 5.91 Å². The van der Waals surface area contributed by atoms with Crippen molar-refractivity contribution in [2.24, 2.45) is 0 Å². The number of amides is 1. The molecule has 0 radical (unpaired) electrons. The van der Waals surface area contributed by atoms with Gasteiger partial charge in [-0.15, -0.1) is 0 Å². The third-order valence-corrected chi connectivity index (χ3v) is 4.07. The molecule has 0 spiro atoms. The number of aromatic nitrogens is 3. The summed E-state index contributed by atoms with van der Waals surface area (Å²) >= 11 is 1.14. The molecule has 7 heteroatoms. The van der Waals surface area contributed by atoms with Gasteiger partial charge in [0.25, 0.3) is 5.91 Å². The van der Waals surface area contributed by atoms with Crippen LogP contribution < -0.4 is 10.1 Å². The second-order valence-electron chi connectivity index (χ2n) is 5.19. The molecular weight excluding hydrogens is 324 g/mol. The molecule has 1 N–H and O–H groups in total. The number of carbonyl (C=O) groups excluding carboxylic acids is 1. The van der Waals surface area contributed by atoms with Crippen molar-refractivity contribution in [3.8, 4) is 17.1 Å². The number of nitrogens with zero attached hydrogens (tertiary/aromatic N) is 3. The Hall–Kier alpha value is -2.80. The summed E-state index contributed by atoms with van der Waals surface area (Å²) in [6, 6.07) is 11.0. The lowest BCUT2D eigenvalue weighted by Gasteiger charge is -2.05. The van der Waals surface area contributed by atoms with Crippen molar-refractivity contribution < 1.29 is 9.53 Å². The number of aryl methyl sites for hydroxylation is 2. The summed E-state index contributed by atoms with van der Waals surface area (Å²) < 4.78 is 9.49. The number of carbonyl (C=O) groups is 1. The van der Waals surface area contributed by atoms with Crippen molar-refractivity contribution in [1.82, 2.24) is 14.3 Å². The predicted octanol–water partition coefficient (Wildman–Crippen LogP) is 3.48. The van der Waals surface area contributed by atoms with E-state index in [4.69, 9.17) is 4.74 Å². The maximum atomic E-state index is 12.4. The fraction of sp³-hybridized carbons (Fsp3) is 0.176. The van der Waals surface area contributed by atoms with Gasteiger partial charge in [0, 0.05) is 22.8 Å². The number of ether oxygens (including phenoxy) is 1. The van der Waals surface area contributed by atoms with Gasteiger partial charge in [0.15, 0.2) is 5.82 Å². The van der Waals surface area contributed by atoms with Gasteiger partial charge in [0.2, 0.25) is 5.13 Å². The Balaban J connectivity index is 1.79. The number of methoxy groups -OCH3 is 1. The first-order chi connectivity index (χ1) is 11.6. The average Bonchev–Trinajstić information content (AvgIpc) is 3.03. The maximum Gasteiger partial charge on any atom is 0.259 e. The number of nitrogens with one attached hydrogen (secondary N) is 1. The molecule has 1 amide bonds. The maximum absolute atomic E-state index is 12.4. The first-order valence-corrected chi connectivity index (χ1v) is 8.08. The molecule has 0 aliphatic heterocycles. The van der Waals surface area contributed by atoms with Crippen LogP contribution in [-0.2, 0) is 0 Å². The predicted molar refractivity (Wildman–Crippen MR) is 93.6 cm³/mol. The molecule has 3 aromatic rings. The number of pyridine rings is 1. The van der Waals surface area contributed by atoms with E-state index < -0.39 is 0 Å². The van der Waals surface area contributed by atoms with Gasteiger partial charge in [-0.25, -0.2) is 0 Å². The van der Waals surface area contributed by atoms with Gasteiger partial charge in [-0.3, -0.25) is 15.1 Å². The molecule has 0 saturated heterocycles. The third kappa shape index (κ3) is 3.41. The lowest BCUT2D eigenvalue weighted by Crippen LogP contribution is -2.14.